The molecule has 0 aliphatic rings. The highest BCUT2D eigenvalue weighted by Crippen LogP contribution is 2.40. The molecule has 0 fully saturated rings. The molecule has 0 heterocycles. The summed E-state index contributed by atoms with van der Waals surface area (Å²) in [6.45, 7) is 2.87. The van der Waals surface area contributed by atoms with E-state index < -0.39 is 81.4 Å². The van der Waals surface area contributed by atoms with E-state index in [1.54, 1.807) is 0 Å². The second-order valence-electron chi connectivity index (χ2n) is 12.1. The van der Waals surface area contributed by atoms with E-state index in [0.29, 0.717) is 30.3 Å². The lowest BCUT2D eigenvalue weighted by atomic mass is 10.0. The fourth-order valence-corrected chi connectivity index (χ4v) is 5.44. The van der Waals surface area contributed by atoms with Crippen LogP contribution in [-0.2, 0) is 12.2 Å². The molecule has 0 aliphatic carbocycles. The summed E-state index contributed by atoms with van der Waals surface area (Å²) in [5, 5.41) is 0. The highest BCUT2D eigenvalue weighted by Gasteiger charge is 2.42. The van der Waals surface area contributed by atoms with Crippen molar-refractivity contribution in [3.8, 4) is 45.3 Å². The number of benzene rings is 6. The molecule has 3 nitrogen and oxygen atoms in total. The monoisotopic (exact) mass is 778 g/mol. The number of aryl methyl sites for hydroxylation is 1. The molecular formula is C40H22F12O3. The minimum atomic E-state index is -4.77. The van der Waals surface area contributed by atoms with Gasteiger partial charge in [0, 0.05) is 18.2 Å². The predicted octanol–water partition coefficient (Wildman–Crippen LogP) is 12.8. The summed E-state index contributed by atoms with van der Waals surface area (Å²) in [5.41, 5.74) is -3.04. The van der Waals surface area contributed by atoms with Crippen molar-refractivity contribution >= 4 is 0 Å². The first kappa shape index (κ1) is 38.6. The molecule has 0 saturated carbocycles. The third-order valence-corrected chi connectivity index (χ3v) is 8.30. The van der Waals surface area contributed by atoms with Gasteiger partial charge in [0.15, 0.2) is 17.5 Å². The normalized spacial score (nSPS) is 11.8. The first-order valence-corrected chi connectivity index (χ1v) is 15.8. The average molecular weight is 779 g/mol. The summed E-state index contributed by atoms with van der Waals surface area (Å²) in [5.74, 6) is -14.8. The Hall–Kier alpha value is -6.12. The molecular weight excluding hydrogens is 756 g/mol. The SMILES string of the molecule is Cc1cc(OC(F)(F)c2c(F)cc(-c3ccc(Oc4ccc(-c5cc(F)c(C(F)(F)Oc6cc(F)c(F)c(F)c6)c(F)c5)cc4)cc3)cc2F)cc(F)c1C. The second kappa shape index (κ2) is 14.6. The molecule has 0 aromatic heterocycles. The van der Waals surface area contributed by atoms with Crippen molar-refractivity contribution in [1.29, 1.82) is 0 Å². The van der Waals surface area contributed by atoms with E-state index in [9.17, 15) is 52.7 Å². The van der Waals surface area contributed by atoms with E-state index in [2.05, 4.69) is 9.47 Å². The molecule has 0 bridgehead atoms. The van der Waals surface area contributed by atoms with Gasteiger partial charge in [-0.15, -0.1) is 0 Å². The van der Waals surface area contributed by atoms with Crippen molar-refractivity contribution < 1.29 is 66.9 Å². The third-order valence-electron chi connectivity index (χ3n) is 8.30. The number of alkyl halides is 4. The molecule has 0 spiro atoms. The molecule has 6 aromatic carbocycles. The van der Waals surface area contributed by atoms with Crippen LogP contribution in [0.2, 0.25) is 0 Å². The minimum absolute atomic E-state index is 0.0817. The number of hydrogen-bond donors (Lipinski definition) is 0. The van der Waals surface area contributed by atoms with Gasteiger partial charge in [-0.3, -0.25) is 0 Å². The molecule has 15 heteroatoms. The predicted molar refractivity (Wildman–Crippen MR) is 175 cm³/mol. The molecule has 0 N–H and O–H groups in total. The first-order chi connectivity index (χ1) is 25.8. The number of halogens is 12. The molecule has 0 atom stereocenters. The first-order valence-electron chi connectivity index (χ1n) is 15.8. The van der Waals surface area contributed by atoms with Gasteiger partial charge < -0.3 is 14.2 Å². The maximum atomic E-state index is 15.0. The summed E-state index contributed by atoms with van der Waals surface area (Å²) in [6.07, 6.45) is -9.27. The van der Waals surface area contributed by atoms with Crippen molar-refractivity contribution in [2.45, 2.75) is 26.1 Å². The Morgan fingerprint density at radius 3 is 1.09 bits per heavy atom. The zero-order valence-corrected chi connectivity index (χ0v) is 28.0. The van der Waals surface area contributed by atoms with Crippen LogP contribution in [0.3, 0.4) is 0 Å². The van der Waals surface area contributed by atoms with Gasteiger partial charge in [-0.05, 0) is 102 Å². The lowest BCUT2D eigenvalue weighted by Crippen LogP contribution is -2.25. The Morgan fingerprint density at radius 2 is 0.727 bits per heavy atom. The van der Waals surface area contributed by atoms with Crippen LogP contribution in [0, 0.1) is 60.4 Å². The lowest BCUT2D eigenvalue weighted by Gasteiger charge is -2.20. The van der Waals surface area contributed by atoms with E-state index in [1.807, 2.05) is 0 Å². The maximum Gasteiger partial charge on any atom is 0.432 e. The van der Waals surface area contributed by atoms with Crippen LogP contribution in [0.5, 0.6) is 23.0 Å². The van der Waals surface area contributed by atoms with E-state index in [-0.39, 0.29) is 57.0 Å². The van der Waals surface area contributed by atoms with E-state index in [4.69, 9.17) is 4.74 Å². The van der Waals surface area contributed by atoms with E-state index in [1.165, 1.54) is 62.4 Å². The smallest absolute Gasteiger partial charge is 0.432 e. The van der Waals surface area contributed by atoms with E-state index >= 15 is 0 Å². The fourth-order valence-electron chi connectivity index (χ4n) is 5.44. The van der Waals surface area contributed by atoms with Crippen LogP contribution in [0.15, 0.2) is 97.1 Å². The molecule has 0 radical (unpaired) electrons. The molecule has 55 heavy (non-hydrogen) atoms. The highest BCUT2D eigenvalue weighted by molar-refractivity contribution is 5.66. The largest absolute Gasteiger partial charge is 0.457 e. The van der Waals surface area contributed by atoms with Gasteiger partial charge in [-0.1, -0.05) is 24.3 Å². The second-order valence-corrected chi connectivity index (χ2v) is 12.1. The minimum Gasteiger partial charge on any atom is -0.457 e. The number of ether oxygens (including phenoxy) is 3. The van der Waals surface area contributed by atoms with Gasteiger partial charge in [0.1, 0.15) is 63.2 Å². The Labute approximate surface area is 304 Å². The highest BCUT2D eigenvalue weighted by atomic mass is 19.3. The summed E-state index contributed by atoms with van der Waals surface area (Å²) < 4.78 is 187. The molecule has 284 valence electrons. The van der Waals surface area contributed by atoms with Gasteiger partial charge in [0.05, 0.1) is 0 Å². The molecule has 0 aliphatic heterocycles. The molecule has 0 unspecified atom stereocenters. The lowest BCUT2D eigenvalue weighted by molar-refractivity contribution is -0.190. The summed E-state index contributed by atoms with van der Waals surface area (Å²) in [4.78, 5) is 0. The van der Waals surface area contributed by atoms with Crippen LogP contribution >= 0.6 is 0 Å². The third kappa shape index (κ3) is 8.05. The topological polar surface area (TPSA) is 27.7 Å². The molecule has 0 amide bonds. The van der Waals surface area contributed by atoms with Gasteiger partial charge in [0.2, 0.25) is 0 Å². The molecule has 0 saturated heterocycles. The van der Waals surface area contributed by atoms with Gasteiger partial charge >= 0.3 is 12.2 Å². The van der Waals surface area contributed by atoms with Crippen molar-refractivity contribution in [3.63, 3.8) is 0 Å². The summed E-state index contributed by atoms with van der Waals surface area (Å²) in [7, 11) is 0. The van der Waals surface area contributed by atoms with Crippen LogP contribution in [0.4, 0.5) is 52.7 Å². The zero-order chi connectivity index (χ0) is 40.0. The van der Waals surface area contributed by atoms with Crippen LogP contribution in [0.1, 0.15) is 22.3 Å². The maximum absolute atomic E-state index is 15.0. The van der Waals surface area contributed by atoms with Crippen molar-refractivity contribution in [3.05, 3.63) is 166 Å². The molecule has 6 rings (SSSR count). The van der Waals surface area contributed by atoms with Crippen molar-refractivity contribution in [2.24, 2.45) is 0 Å². The van der Waals surface area contributed by atoms with Gasteiger partial charge in [-0.25, -0.2) is 35.1 Å². The van der Waals surface area contributed by atoms with Gasteiger partial charge in [0.25, 0.3) is 0 Å². The zero-order valence-electron chi connectivity index (χ0n) is 28.0. The van der Waals surface area contributed by atoms with Gasteiger partial charge in [-0.2, -0.15) is 17.6 Å². The Balaban J connectivity index is 1.14. The standard InChI is InChI=1S/C40H22F12O3/c1-19-11-27(16-29(41)20(19)2)54-39(49,50)36-30(42)12-23(13-31(36)43)21-3-7-25(8-4-21)53-26-9-5-22(6-10-26)24-14-32(44)37(33(45)15-24)40(51,52)55-28-17-34(46)38(48)35(47)18-28/h3-18H,1-2H3. The average Bonchev–Trinajstić information content (AvgIpc) is 3.09. The van der Waals surface area contributed by atoms with Crippen LogP contribution in [-0.4, -0.2) is 0 Å². The van der Waals surface area contributed by atoms with E-state index in [0.717, 1.165) is 6.07 Å². The van der Waals surface area contributed by atoms with Crippen molar-refractivity contribution in [2.75, 3.05) is 0 Å². The number of hydrogen-bond acceptors (Lipinski definition) is 3. The Morgan fingerprint density at radius 1 is 0.382 bits per heavy atom. The Kier molecular flexibility index (Phi) is 10.3. The summed E-state index contributed by atoms with van der Waals surface area (Å²) >= 11 is 0. The van der Waals surface area contributed by atoms with Crippen molar-refractivity contribution in [1.82, 2.24) is 0 Å². The Bertz CT molecular complexity index is 2150. The van der Waals surface area contributed by atoms with Crippen LogP contribution in [0.25, 0.3) is 22.3 Å². The van der Waals surface area contributed by atoms with Crippen LogP contribution < -0.4 is 14.2 Å². The molecule has 6 aromatic rings. The summed E-state index contributed by atoms with van der Waals surface area (Å²) in [6, 6.07) is 15.3. The quantitative estimate of drug-likeness (QED) is 0.102. The fraction of sp³-hybridized carbons (Fsp3) is 0.100. The number of rotatable bonds is 10.